The molecule has 2 aromatic carbocycles. The molecule has 0 spiro atoms. The Hall–Kier alpha value is -2.09. The Morgan fingerprint density at radius 1 is 0.941 bits per heavy atom. The van der Waals surface area contributed by atoms with Crippen molar-refractivity contribution < 1.29 is 4.79 Å². The van der Waals surface area contributed by atoms with Gasteiger partial charge in [-0.05, 0) is 37.1 Å². The van der Waals surface area contributed by atoms with E-state index in [9.17, 15) is 4.79 Å². The highest BCUT2D eigenvalue weighted by Crippen LogP contribution is 2.21. The Bertz CT molecular complexity index is 553. The number of carbonyl (C=O) groups is 1. The van der Waals surface area contributed by atoms with Crippen LogP contribution in [0.4, 0.5) is 5.69 Å². The fraction of sp³-hybridized carbons (Fsp3) is 0.133. The minimum Gasteiger partial charge on any atom is -0.398 e. The van der Waals surface area contributed by atoms with Crippen LogP contribution >= 0.6 is 0 Å². The molecule has 0 bridgehead atoms. The van der Waals surface area contributed by atoms with E-state index in [0.717, 1.165) is 16.7 Å². The number of hydrogen-bond acceptors (Lipinski definition) is 2. The molecule has 2 nitrogen and oxygen atoms in total. The van der Waals surface area contributed by atoms with E-state index >= 15 is 0 Å². The van der Waals surface area contributed by atoms with E-state index in [0.29, 0.717) is 11.3 Å². The molecule has 2 rings (SSSR count). The standard InChI is InChI=1S/C15H15NO/c1-10-6-5-7-11(2)14(10)15(17)12-8-3-4-9-13(12)16/h3-9H,16H2,1-2H3. The van der Waals surface area contributed by atoms with Crippen LogP contribution in [0.2, 0.25) is 0 Å². The summed E-state index contributed by atoms with van der Waals surface area (Å²) in [6.45, 7) is 3.89. The number of aryl methyl sites for hydroxylation is 2. The lowest BCUT2D eigenvalue weighted by Gasteiger charge is -2.10. The van der Waals surface area contributed by atoms with Crippen LogP contribution in [-0.2, 0) is 0 Å². The molecule has 0 aliphatic rings. The maximum Gasteiger partial charge on any atom is 0.195 e. The molecule has 86 valence electrons. The lowest BCUT2D eigenvalue weighted by molar-refractivity contribution is 0.103. The lowest BCUT2D eigenvalue weighted by Crippen LogP contribution is -2.08. The third-order valence-corrected chi connectivity index (χ3v) is 2.91. The van der Waals surface area contributed by atoms with Gasteiger partial charge < -0.3 is 5.73 Å². The van der Waals surface area contributed by atoms with Crippen LogP contribution in [-0.4, -0.2) is 5.78 Å². The van der Waals surface area contributed by atoms with Gasteiger partial charge in [0.05, 0.1) is 0 Å². The molecule has 0 unspecified atom stereocenters. The quantitative estimate of drug-likeness (QED) is 0.630. The number of para-hydroxylation sites is 1. The molecule has 2 heteroatoms. The van der Waals surface area contributed by atoms with Gasteiger partial charge in [-0.3, -0.25) is 4.79 Å². The zero-order valence-corrected chi connectivity index (χ0v) is 10.0. The topological polar surface area (TPSA) is 43.1 Å². The molecular formula is C15H15NO. The lowest BCUT2D eigenvalue weighted by atomic mass is 9.94. The molecule has 0 fully saturated rings. The van der Waals surface area contributed by atoms with Gasteiger partial charge in [0.15, 0.2) is 5.78 Å². The van der Waals surface area contributed by atoms with Crippen molar-refractivity contribution in [2.75, 3.05) is 5.73 Å². The molecule has 17 heavy (non-hydrogen) atoms. The van der Waals surface area contributed by atoms with Crippen LogP contribution < -0.4 is 5.73 Å². The van der Waals surface area contributed by atoms with Crippen molar-refractivity contribution in [1.82, 2.24) is 0 Å². The van der Waals surface area contributed by atoms with Gasteiger partial charge in [-0.15, -0.1) is 0 Å². The maximum atomic E-state index is 12.4. The van der Waals surface area contributed by atoms with Crippen LogP contribution in [0.3, 0.4) is 0 Å². The first-order chi connectivity index (χ1) is 8.11. The average Bonchev–Trinajstić information content (AvgIpc) is 2.29. The average molecular weight is 225 g/mol. The predicted molar refractivity (Wildman–Crippen MR) is 70.2 cm³/mol. The molecule has 0 saturated heterocycles. The van der Waals surface area contributed by atoms with Gasteiger partial charge in [0.1, 0.15) is 0 Å². The van der Waals surface area contributed by atoms with Crippen molar-refractivity contribution in [3.8, 4) is 0 Å². The second kappa shape index (κ2) is 4.42. The van der Waals surface area contributed by atoms with Crippen molar-refractivity contribution in [3.05, 3.63) is 64.7 Å². The van der Waals surface area contributed by atoms with E-state index in [1.807, 2.05) is 44.2 Å². The number of ketones is 1. The first kappa shape index (κ1) is 11.4. The third-order valence-electron chi connectivity index (χ3n) is 2.91. The van der Waals surface area contributed by atoms with Gasteiger partial charge in [0.25, 0.3) is 0 Å². The van der Waals surface area contributed by atoms with Gasteiger partial charge in [0.2, 0.25) is 0 Å². The molecule has 2 N–H and O–H groups in total. The summed E-state index contributed by atoms with van der Waals surface area (Å²) >= 11 is 0. The first-order valence-electron chi connectivity index (χ1n) is 5.56. The monoisotopic (exact) mass is 225 g/mol. The molecule has 0 amide bonds. The minimum absolute atomic E-state index is 0.00120. The zero-order valence-electron chi connectivity index (χ0n) is 10.0. The van der Waals surface area contributed by atoms with Gasteiger partial charge in [-0.25, -0.2) is 0 Å². The molecule has 0 aliphatic heterocycles. The SMILES string of the molecule is Cc1cccc(C)c1C(=O)c1ccccc1N. The van der Waals surface area contributed by atoms with E-state index in [2.05, 4.69) is 0 Å². The summed E-state index contributed by atoms with van der Waals surface area (Å²) in [6.07, 6.45) is 0. The van der Waals surface area contributed by atoms with E-state index in [1.54, 1.807) is 12.1 Å². The van der Waals surface area contributed by atoms with Crippen molar-refractivity contribution in [2.24, 2.45) is 0 Å². The fourth-order valence-corrected chi connectivity index (χ4v) is 2.01. The van der Waals surface area contributed by atoms with Gasteiger partial charge in [-0.1, -0.05) is 30.3 Å². The molecule has 0 aliphatic carbocycles. The van der Waals surface area contributed by atoms with Crippen LogP contribution in [0.5, 0.6) is 0 Å². The number of carbonyl (C=O) groups excluding carboxylic acids is 1. The molecule has 0 heterocycles. The minimum atomic E-state index is -0.00120. The fourth-order valence-electron chi connectivity index (χ4n) is 2.01. The zero-order chi connectivity index (χ0) is 12.4. The van der Waals surface area contributed by atoms with E-state index in [-0.39, 0.29) is 5.78 Å². The summed E-state index contributed by atoms with van der Waals surface area (Å²) in [5.74, 6) is -0.00120. The van der Waals surface area contributed by atoms with E-state index in [4.69, 9.17) is 5.73 Å². The normalized spacial score (nSPS) is 10.2. The van der Waals surface area contributed by atoms with Crippen molar-refractivity contribution in [3.63, 3.8) is 0 Å². The van der Waals surface area contributed by atoms with E-state index < -0.39 is 0 Å². The van der Waals surface area contributed by atoms with Crippen LogP contribution in [0.1, 0.15) is 27.0 Å². The number of anilines is 1. The highest BCUT2D eigenvalue weighted by Gasteiger charge is 2.15. The number of rotatable bonds is 2. The largest absolute Gasteiger partial charge is 0.398 e. The van der Waals surface area contributed by atoms with E-state index in [1.165, 1.54) is 0 Å². The second-order valence-electron chi connectivity index (χ2n) is 4.18. The Kier molecular flexibility index (Phi) is 2.96. The van der Waals surface area contributed by atoms with Crippen LogP contribution in [0.25, 0.3) is 0 Å². The number of nitrogen functional groups attached to an aromatic ring is 1. The second-order valence-corrected chi connectivity index (χ2v) is 4.18. The highest BCUT2D eigenvalue weighted by atomic mass is 16.1. The Morgan fingerprint density at radius 3 is 2.12 bits per heavy atom. The van der Waals surface area contributed by atoms with Crippen LogP contribution in [0.15, 0.2) is 42.5 Å². The van der Waals surface area contributed by atoms with Gasteiger partial charge >= 0.3 is 0 Å². The van der Waals surface area contributed by atoms with Crippen molar-refractivity contribution >= 4 is 11.5 Å². The molecule has 0 aromatic heterocycles. The maximum absolute atomic E-state index is 12.4. The van der Waals surface area contributed by atoms with Gasteiger partial charge in [-0.2, -0.15) is 0 Å². The molecular weight excluding hydrogens is 210 g/mol. The summed E-state index contributed by atoms with van der Waals surface area (Å²) in [5.41, 5.74) is 9.66. The molecule has 0 atom stereocenters. The Balaban J connectivity index is 2.56. The Morgan fingerprint density at radius 2 is 1.53 bits per heavy atom. The smallest absolute Gasteiger partial charge is 0.195 e. The van der Waals surface area contributed by atoms with Gasteiger partial charge in [0, 0.05) is 16.8 Å². The summed E-state index contributed by atoms with van der Waals surface area (Å²) in [6, 6.07) is 13.0. The molecule has 2 aromatic rings. The molecule has 0 saturated carbocycles. The van der Waals surface area contributed by atoms with Crippen molar-refractivity contribution in [2.45, 2.75) is 13.8 Å². The van der Waals surface area contributed by atoms with Crippen molar-refractivity contribution in [1.29, 1.82) is 0 Å². The summed E-state index contributed by atoms with van der Waals surface area (Å²) < 4.78 is 0. The summed E-state index contributed by atoms with van der Waals surface area (Å²) in [5, 5.41) is 0. The summed E-state index contributed by atoms with van der Waals surface area (Å²) in [4.78, 5) is 12.4. The number of nitrogens with two attached hydrogens (primary N) is 1. The summed E-state index contributed by atoms with van der Waals surface area (Å²) in [7, 11) is 0. The predicted octanol–water partition coefficient (Wildman–Crippen LogP) is 3.12. The first-order valence-corrected chi connectivity index (χ1v) is 5.56. The third kappa shape index (κ3) is 2.07. The Labute approximate surface area is 101 Å². The highest BCUT2D eigenvalue weighted by molar-refractivity contribution is 6.13. The van der Waals surface area contributed by atoms with Crippen LogP contribution in [0, 0.1) is 13.8 Å². The molecule has 0 radical (unpaired) electrons. The number of hydrogen-bond donors (Lipinski definition) is 1. The number of benzene rings is 2.